The molecule has 42 heavy (non-hydrogen) atoms. The molecule has 1 aromatic heterocycles. The highest BCUT2D eigenvalue weighted by molar-refractivity contribution is 5.88. The molecule has 0 saturated carbocycles. The second kappa shape index (κ2) is 11.6. The van der Waals surface area contributed by atoms with Crippen molar-refractivity contribution in [2.45, 2.75) is 68.3 Å². The van der Waals surface area contributed by atoms with Gasteiger partial charge in [0.15, 0.2) is 18.2 Å². The zero-order valence-corrected chi connectivity index (χ0v) is 21.9. The molecule has 15 nitrogen and oxygen atoms in total. The molecule has 2 aliphatic rings. The van der Waals surface area contributed by atoms with Crippen molar-refractivity contribution in [3.05, 3.63) is 46.6 Å². The van der Waals surface area contributed by atoms with Gasteiger partial charge in [-0.3, -0.25) is 4.79 Å². The van der Waals surface area contributed by atoms with Gasteiger partial charge >= 0.3 is 0 Å². The van der Waals surface area contributed by atoms with Crippen LogP contribution in [0.2, 0.25) is 0 Å². The minimum atomic E-state index is -1.79. The Morgan fingerprint density at radius 3 is 2.19 bits per heavy atom. The third-order valence-electron chi connectivity index (χ3n) is 7.23. The number of hydrogen-bond donors (Lipinski definition) is 9. The summed E-state index contributed by atoms with van der Waals surface area (Å²) in [4.78, 5) is 12.9. The first-order valence-electron chi connectivity index (χ1n) is 12.9. The van der Waals surface area contributed by atoms with Gasteiger partial charge in [-0.25, -0.2) is 0 Å². The minimum absolute atomic E-state index is 0.0706. The molecule has 2 aromatic carbocycles. The van der Waals surface area contributed by atoms with Crippen molar-refractivity contribution in [1.82, 2.24) is 0 Å². The zero-order chi connectivity index (χ0) is 30.5. The summed E-state index contributed by atoms with van der Waals surface area (Å²) in [7, 11) is 0. The largest absolute Gasteiger partial charge is 0.508 e. The first-order chi connectivity index (χ1) is 19.9. The maximum atomic E-state index is 12.9. The Bertz CT molecular complexity index is 1470. The van der Waals surface area contributed by atoms with E-state index >= 15 is 0 Å². The molecular weight excluding hydrogens is 564 g/mol. The van der Waals surface area contributed by atoms with Crippen molar-refractivity contribution >= 4 is 11.0 Å². The number of aliphatic hydroxyl groups excluding tert-OH is 6. The fourth-order valence-electron chi connectivity index (χ4n) is 4.85. The Balaban J connectivity index is 1.50. The summed E-state index contributed by atoms with van der Waals surface area (Å²) in [5.74, 6) is -2.00. The maximum Gasteiger partial charge on any atom is 0.238 e. The molecular formula is C27H30O15. The van der Waals surface area contributed by atoms with Crippen LogP contribution >= 0.6 is 0 Å². The average Bonchev–Trinajstić information content (AvgIpc) is 2.96. The van der Waals surface area contributed by atoms with E-state index in [9.17, 15) is 50.8 Å². The Hall–Kier alpha value is -3.51. The normalized spacial score (nSPS) is 33.5. The van der Waals surface area contributed by atoms with E-state index in [4.69, 9.17) is 23.4 Å². The highest BCUT2D eigenvalue weighted by Crippen LogP contribution is 2.37. The molecule has 2 aliphatic heterocycles. The summed E-state index contributed by atoms with van der Waals surface area (Å²) >= 11 is 0. The molecule has 5 rings (SSSR count). The highest BCUT2D eigenvalue weighted by Gasteiger charge is 2.51. The summed E-state index contributed by atoms with van der Waals surface area (Å²) in [5.41, 5.74) is -0.967. The second-order valence-electron chi connectivity index (χ2n) is 10.1. The standard InChI is InChI=1S/C27H30O15/c1-9-17(31)20(34)23(37)26(38-9)42-25-21(35)18(32)15(8-28)41-27(25)39-12-6-13(30)16-14(7-12)40-24(22(36)19(16)33)10-2-4-11(29)5-3-10/h2-7,9,15,17-18,20-21,23,25-32,34-37H,8H2,1H3/t9-,15+,17+,18-,20+,21-,23-,25-,26+,27-/m1/s1. The molecule has 2 saturated heterocycles. The van der Waals surface area contributed by atoms with E-state index in [0.29, 0.717) is 0 Å². The van der Waals surface area contributed by atoms with Crippen molar-refractivity contribution in [1.29, 1.82) is 0 Å². The Kier molecular flexibility index (Phi) is 8.30. The van der Waals surface area contributed by atoms with Crippen LogP contribution in [-0.2, 0) is 14.2 Å². The Morgan fingerprint density at radius 2 is 1.52 bits per heavy atom. The van der Waals surface area contributed by atoms with Gasteiger partial charge in [0, 0.05) is 17.7 Å². The number of ether oxygens (including phenoxy) is 4. The highest BCUT2D eigenvalue weighted by atomic mass is 16.8. The second-order valence-corrected chi connectivity index (χ2v) is 10.1. The van der Waals surface area contributed by atoms with Gasteiger partial charge in [0.25, 0.3) is 0 Å². The summed E-state index contributed by atoms with van der Waals surface area (Å²) in [5, 5.41) is 91.7. The van der Waals surface area contributed by atoms with Crippen molar-refractivity contribution in [3.8, 4) is 34.3 Å². The SMILES string of the molecule is C[C@H]1O[C@@H](O[C@H]2[C@H](Oc3cc(O)c4c(=O)c(O)c(-c5ccc(O)cc5)oc4c3)O[C@@H](CO)[C@@H](O)[C@H]2O)[C@H](O)[C@@H](O)[C@H]1O. The molecule has 10 atom stereocenters. The molecule has 228 valence electrons. The lowest BCUT2D eigenvalue weighted by Gasteiger charge is -2.45. The van der Waals surface area contributed by atoms with Crippen LogP contribution in [0.4, 0.5) is 0 Å². The van der Waals surface area contributed by atoms with Gasteiger partial charge in [0.1, 0.15) is 64.8 Å². The fourth-order valence-corrected chi connectivity index (χ4v) is 4.85. The van der Waals surface area contributed by atoms with E-state index in [1.807, 2.05) is 0 Å². The van der Waals surface area contributed by atoms with Crippen molar-refractivity contribution in [2.24, 2.45) is 0 Å². The first-order valence-corrected chi connectivity index (χ1v) is 12.9. The van der Waals surface area contributed by atoms with Gasteiger partial charge < -0.3 is 69.3 Å². The summed E-state index contributed by atoms with van der Waals surface area (Å²) in [6.45, 7) is 0.660. The van der Waals surface area contributed by atoms with Gasteiger partial charge in [-0.15, -0.1) is 0 Å². The summed E-state index contributed by atoms with van der Waals surface area (Å²) in [6, 6.07) is 7.54. The lowest BCUT2D eigenvalue weighted by atomic mass is 9.97. The number of fused-ring (bicyclic) bond motifs is 1. The number of rotatable bonds is 6. The third-order valence-corrected chi connectivity index (χ3v) is 7.23. The van der Waals surface area contributed by atoms with Crippen LogP contribution in [0.3, 0.4) is 0 Å². The minimum Gasteiger partial charge on any atom is -0.508 e. The molecule has 0 unspecified atom stereocenters. The number of benzene rings is 2. The Labute approximate surface area is 236 Å². The van der Waals surface area contributed by atoms with Crippen LogP contribution in [-0.4, -0.2) is 114 Å². The molecule has 2 fully saturated rings. The van der Waals surface area contributed by atoms with E-state index in [1.165, 1.54) is 37.3 Å². The van der Waals surface area contributed by atoms with Gasteiger partial charge in [-0.05, 0) is 31.2 Å². The molecule has 0 spiro atoms. The van der Waals surface area contributed by atoms with Crippen molar-refractivity contribution in [3.63, 3.8) is 0 Å². The predicted octanol–water partition coefficient (Wildman–Crippen LogP) is -1.39. The van der Waals surface area contributed by atoms with Crippen LogP contribution in [0.1, 0.15) is 6.92 Å². The summed E-state index contributed by atoms with van der Waals surface area (Å²) < 4.78 is 28.2. The number of phenolic OH excluding ortho intramolecular Hbond substituents is 2. The molecule has 0 radical (unpaired) electrons. The van der Waals surface area contributed by atoms with Gasteiger partial charge in [-0.2, -0.15) is 0 Å². The number of phenols is 2. The quantitative estimate of drug-likeness (QED) is 0.159. The van der Waals surface area contributed by atoms with Crippen LogP contribution < -0.4 is 10.2 Å². The molecule has 3 heterocycles. The summed E-state index contributed by atoms with van der Waals surface area (Å²) in [6.07, 6.45) is -15.6. The number of aromatic hydroxyl groups is 3. The van der Waals surface area contributed by atoms with E-state index in [0.717, 1.165) is 6.07 Å². The molecule has 0 aliphatic carbocycles. The van der Waals surface area contributed by atoms with Gasteiger partial charge in [-0.1, -0.05) is 0 Å². The van der Waals surface area contributed by atoms with Crippen molar-refractivity contribution in [2.75, 3.05) is 6.61 Å². The lowest BCUT2D eigenvalue weighted by Crippen LogP contribution is -2.64. The smallest absolute Gasteiger partial charge is 0.238 e. The average molecular weight is 595 g/mol. The topological polar surface area (TPSA) is 249 Å². The Morgan fingerprint density at radius 1 is 0.833 bits per heavy atom. The third kappa shape index (κ3) is 5.37. The van der Waals surface area contributed by atoms with E-state index in [-0.39, 0.29) is 33.8 Å². The molecule has 3 aromatic rings. The van der Waals surface area contributed by atoms with Crippen molar-refractivity contribution < 1.29 is 69.3 Å². The first kappa shape index (κ1) is 30.0. The predicted molar refractivity (Wildman–Crippen MR) is 139 cm³/mol. The monoisotopic (exact) mass is 594 g/mol. The zero-order valence-electron chi connectivity index (χ0n) is 21.9. The van der Waals surface area contributed by atoms with Gasteiger partial charge in [0.2, 0.25) is 17.5 Å². The maximum absolute atomic E-state index is 12.9. The molecule has 9 N–H and O–H groups in total. The van der Waals surface area contributed by atoms with E-state index in [2.05, 4.69) is 0 Å². The molecule has 0 amide bonds. The number of aliphatic hydroxyl groups is 6. The van der Waals surface area contributed by atoms with E-state index < -0.39 is 84.9 Å². The van der Waals surface area contributed by atoms with Crippen LogP contribution in [0, 0.1) is 0 Å². The van der Waals surface area contributed by atoms with Crippen LogP contribution in [0.5, 0.6) is 23.0 Å². The van der Waals surface area contributed by atoms with Crippen LogP contribution in [0.15, 0.2) is 45.6 Å². The van der Waals surface area contributed by atoms with Crippen LogP contribution in [0.25, 0.3) is 22.3 Å². The number of hydrogen-bond acceptors (Lipinski definition) is 15. The molecule has 15 heteroatoms. The van der Waals surface area contributed by atoms with Gasteiger partial charge in [0.05, 0.1) is 12.7 Å². The lowest BCUT2D eigenvalue weighted by molar-refractivity contribution is -0.354. The molecule has 0 bridgehead atoms. The van der Waals surface area contributed by atoms with E-state index in [1.54, 1.807) is 0 Å². The fraction of sp³-hybridized carbons (Fsp3) is 0.444.